The molecule has 3 heterocycles. The molecule has 3 aromatic rings. The van der Waals surface area contributed by atoms with Crippen molar-refractivity contribution >= 4 is 11.7 Å². The van der Waals surface area contributed by atoms with Gasteiger partial charge in [0.2, 0.25) is 0 Å². The number of carbonyl (C=O) groups is 1. The molecule has 1 amide bonds. The van der Waals surface area contributed by atoms with E-state index >= 15 is 0 Å². The Balaban J connectivity index is 1.48. The maximum Gasteiger partial charge on any atom is 0.255 e. The van der Waals surface area contributed by atoms with Crippen molar-refractivity contribution in [1.82, 2.24) is 20.1 Å². The Morgan fingerprint density at radius 3 is 2.72 bits per heavy atom. The molecule has 1 saturated heterocycles. The van der Waals surface area contributed by atoms with E-state index < -0.39 is 0 Å². The van der Waals surface area contributed by atoms with E-state index in [4.69, 9.17) is 4.74 Å². The number of benzene rings is 1. The topological polar surface area (TPSA) is 72.3 Å². The summed E-state index contributed by atoms with van der Waals surface area (Å²) < 4.78 is 20.2. The molecule has 4 rings (SSSR count). The van der Waals surface area contributed by atoms with E-state index in [1.54, 1.807) is 23.0 Å². The monoisotopic (exact) mass is 395 g/mol. The van der Waals surface area contributed by atoms with Gasteiger partial charge in [-0.2, -0.15) is 5.10 Å². The van der Waals surface area contributed by atoms with Crippen LogP contribution in [-0.2, 0) is 11.3 Å². The van der Waals surface area contributed by atoms with Crippen LogP contribution < -0.4 is 10.2 Å². The Kier molecular flexibility index (Phi) is 5.53. The van der Waals surface area contributed by atoms with Gasteiger partial charge in [0.05, 0.1) is 36.4 Å². The Morgan fingerprint density at radius 1 is 1.21 bits per heavy atom. The lowest BCUT2D eigenvalue weighted by Crippen LogP contribution is -2.37. The summed E-state index contributed by atoms with van der Waals surface area (Å²) in [5, 5.41) is 7.24. The van der Waals surface area contributed by atoms with Crippen LogP contribution in [0.4, 0.5) is 10.2 Å². The van der Waals surface area contributed by atoms with Crippen LogP contribution in [0.5, 0.6) is 0 Å². The van der Waals surface area contributed by atoms with Crippen molar-refractivity contribution in [1.29, 1.82) is 0 Å². The van der Waals surface area contributed by atoms with Gasteiger partial charge in [-0.05, 0) is 37.3 Å². The number of morpholine rings is 1. The fraction of sp³-hybridized carbons (Fsp3) is 0.286. The number of hydrogen-bond donors (Lipinski definition) is 1. The minimum absolute atomic E-state index is 0.215. The number of aromatic nitrogens is 3. The molecule has 29 heavy (non-hydrogen) atoms. The van der Waals surface area contributed by atoms with Crippen molar-refractivity contribution in [3.8, 4) is 5.69 Å². The number of carbonyl (C=O) groups excluding carboxylic acids is 1. The molecular weight excluding hydrogens is 373 g/mol. The second-order valence-corrected chi connectivity index (χ2v) is 6.80. The highest BCUT2D eigenvalue weighted by molar-refractivity contribution is 5.95. The molecule has 0 aliphatic carbocycles. The number of anilines is 1. The summed E-state index contributed by atoms with van der Waals surface area (Å²) in [5.41, 5.74) is 2.82. The summed E-state index contributed by atoms with van der Waals surface area (Å²) in [6, 6.07) is 9.82. The van der Waals surface area contributed by atoms with Gasteiger partial charge in [-0.25, -0.2) is 14.1 Å². The molecule has 0 radical (unpaired) electrons. The zero-order chi connectivity index (χ0) is 20.2. The maximum atomic E-state index is 13.2. The largest absolute Gasteiger partial charge is 0.378 e. The van der Waals surface area contributed by atoms with Crippen LogP contribution in [0.1, 0.15) is 21.6 Å². The number of nitrogens with zero attached hydrogens (tertiary/aromatic N) is 4. The third-order valence-corrected chi connectivity index (χ3v) is 4.94. The lowest BCUT2D eigenvalue weighted by Gasteiger charge is -2.29. The lowest BCUT2D eigenvalue weighted by molar-refractivity contribution is 0.0950. The van der Waals surface area contributed by atoms with E-state index in [-0.39, 0.29) is 11.7 Å². The SMILES string of the molecule is Cc1c(C(=O)NCc2cccnc2N2CCOCC2)cnn1-c1ccc(F)cc1. The van der Waals surface area contributed by atoms with E-state index in [0.29, 0.717) is 36.7 Å². The Bertz CT molecular complexity index is 997. The molecular formula is C21H22FN5O2. The van der Waals surface area contributed by atoms with Gasteiger partial charge in [-0.3, -0.25) is 4.79 Å². The molecule has 1 aromatic carbocycles. The molecule has 0 saturated carbocycles. The van der Waals surface area contributed by atoms with E-state index in [0.717, 1.165) is 24.5 Å². The molecule has 0 bridgehead atoms. The smallest absolute Gasteiger partial charge is 0.255 e. The van der Waals surface area contributed by atoms with E-state index in [1.165, 1.54) is 18.3 Å². The number of pyridine rings is 1. The molecule has 0 spiro atoms. The van der Waals surface area contributed by atoms with Gasteiger partial charge < -0.3 is 15.0 Å². The Morgan fingerprint density at radius 2 is 1.97 bits per heavy atom. The zero-order valence-electron chi connectivity index (χ0n) is 16.1. The first-order valence-corrected chi connectivity index (χ1v) is 9.49. The second kappa shape index (κ2) is 8.40. The molecule has 1 aliphatic heterocycles. The number of amides is 1. The summed E-state index contributed by atoms with van der Waals surface area (Å²) in [6.45, 7) is 5.08. The van der Waals surface area contributed by atoms with Gasteiger partial charge in [0.15, 0.2) is 0 Å². The van der Waals surface area contributed by atoms with Crippen molar-refractivity contribution in [2.75, 3.05) is 31.2 Å². The van der Waals surface area contributed by atoms with Crippen LogP contribution in [-0.4, -0.2) is 47.0 Å². The van der Waals surface area contributed by atoms with Gasteiger partial charge in [-0.15, -0.1) is 0 Å². The zero-order valence-corrected chi connectivity index (χ0v) is 16.1. The van der Waals surface area contributed by atoms with E-state index in [1.807, 2.05) is 19.1 Å². The first-order chi connectivity index (χ1) is 14.1. The van der Waals surface area contributed by atoms with Crippen LogP contribution in [0.3, 0.4) is 0 Å². The lowest BCUT2D eigenvalue weighted by atomic mass is 10.2. The molecule has 7 nitrogen and oxygen atoms in total. The maximum absolute atomic E-state index is 13.2. The van der Waals surface area contributed by atoms with Gasteiger partial charge in [-0.1, -0.05) is 6.07 Å². The molecule has 2 aromatic heterocycles. The second-order valence-electron chi connectivity index (χ2n) is 6.80. The molecule has 1 N–H and O–H groups in total. The Hall–Kier alpha value is -3.26. The fourth-order valence-corrected chi connectivity index (χ4v) is 3.37. The van der Waals surface area contributed by atoms with Crippen LogP contribution >= 0.6 is 0 Å². The fourth-order valence-electron chi connectivity index (χ4n) is 3.37. The minimum Gasteiger partial charge on any atom is -0.378 e. The molecule has 0 atom stereocenters. The highest BCUT2D eigenvalue weighted by Crippen LogP contribution is 2.19. The highest BCUT2D eigenvalue weighted by atomic mass is 19.1. The van der Waals surface area contributed by atoms with Crippen LogP contribution in [0.25, 0.3) is 5.69 Å². The normalized spacial score (nSPS) is 14.1. The number of hydrogen-bond acceptors (Lipinski definition) is 5. The minimum atomic E-state index is -0.316. The first-order valence-electron chi connectivity index (χ1n) is 9.49. The average Bonchev–Trinajstić information content (AvgIpc) is 3.15. The molecule has 1 fully saturated rings. The predicted octanol–water partition coefficient (Wildman–Crippen LogP) is 2.48. The van der Waals surface area contributed by atoms with E-state index in [2.05, 4.69) is 20.3 Å². The quantitative estimate of drug-likeness (QED) is 0.719. The van der Waals surface area contributed by atoms with Crippen LogP contribution in [0.15, 0.2) is 48.8 Å². The average molecular weight is 395 g/mol. The van der Waals surface area contributed by atoms with Crippen molar-refractivity contribution in [2.24, 2.45) is 0 Å². The number of halogens is 1. The molecule has 150 valence electrons. The van der Waals surface area contributed by atoms with Gasteiger partial charge >= 0.3 is 0 Å². The third kappa shape index (κ3) is 4.12. The summed E-state index contributed by atoms with van der Waals surface area (Å²) in [5.74, 6) is 0.339. The summed E-state index contributed by atoms with van der Waals surface area (Å²) >= 11 is 0. The van der Waals surface area contributed by atoms with Crippen LogP contribution in [0.2, 0.25) is 0 Å². The van der Waals surface area contributed by atoms with Crippen LogP contribution in [0, 0.1) is 12.7 Å². The first kappa shape index (κ1) is 19.1. The molecule has 0 unspecified atom stereocenters. The number of ether oxygens (including phenoxy) is 1. The standard InChI is InChI=1S/C21H22FN5O2/c1-15-19(14-25-27(15)18-6-4-17(22)5-7-18)21(28)24-13-16-3-2-8-23-20(16)26-9-11-29-12-10-26/h2-8,14H,9-13H2,1H3,(H,24,28). The van der Waals surface area contributed by atoms with E-state index in [9.17, 15) is 9.18 Å². The van der Waals surface area contributed by atoms with Crippen molar-refractivity contribution in [3.63, 3.8) is 0 Å². The van der Waals surface area contributed by atoms with Crippen molar-refractivity contribution < 1.29 is 13.9 Å². The van der Waals surface area contributed by atoms with Crippen molar-refractivity contribution in [3.05, 3.63) is 71.4 Å². The van der Waals surface area contributed by atoms with Gasteiger partial charge in [0.1, 0.15) is 11.6 Å². The summed E-state index contributed by atoms with van der Waals surface area (Å²) in [6.07, 6.45) is 3.28. The van der Waals surface area contributed by atoms with Gasteiger partial charge in [0.25, 0.3) is 5.91 Å². The molecule has 8 heteroatoms. The highest BCUT2D eigenvalue weighted by Gasteiger charge is 2.18. The van der Waals surface area contributed by atoms with Crippen molar-refractivity contribution in [2.45, 2.75) is 13.5 Å². The Labute approximate surface area is 168 Å². The molecule has 1 aliphatic rings. The number of nitrogens with one attached hydrogen (secondary N) is 1. The summed E-state index contributed by atoms with van der Waals surface area (Å²) in [4.78, 5) is 19.4. The van der Waals surface area contributed by atoms with Gasteiger partial charge in [0, 0.05) is 31.4 Å². The number of rotatable bonds is 5. The predicted molar refractivity (Wildman–Crippen MR) is 107 cm³/mol. The third-order valence-electron chi connectivity index (χ3n) is 4.94. The summed E-state index contributed by atoms with van der Waals surface area (Å²) in [7, 11) is 0.